The van der Waals surface area contributed by atoms with Crippen molar-refractivity contribution in [3.8, 4) is 0 Å². The molecule has 1 unspecified atom stereocenters. The molecule has 1 rings (SSSR count). The standard InChI is InChI=1S/C12H17FN2O2/c1-3-4-9(2)8-14-12-7-10(15(16)17)5-6-11(12)13/h5-7,9,14H,3-4,8H2,1-2H3. The van der Waals surface area contributed by atoms with Gasteiger partial charge in [-0.15, -0.1) is 0 Å². The summed E-state index contributed by atoms with van der Waals surface area (Å²) in [6.45, 7) is 4.77. The molecule has 1 aromatic rings. The molecule has 94 valence electrons. The summed E-state index contributed by atoms with van der Waals surface area (Å²) in [5, 5.41) is 13.5. The maximum Gasteiger partial charge on any atom is 0.271 e. The molecule has 17 heavy (non-hydrogen) atoms. The van der Waals surface area contributed by atoms with E-state index in [1.54, 1.807) is 0 Å². The third-order valence-electron chi connectivity index (χ3n) is 2.58. The third kappa shape index (κ3) is 4.01. The van der Waals surface area contributed by atoms with Gasteiger partial charge in [-0.3, -0.25) is 10.1 Å². The monoisotopic (exact) mass is 240 g/mol. The van der Waals surface area contributed by atoms with Crippen molar-refractivity contribution in [1.29, 1.82) is 0 Å². The van der Waals surface area contributed by atoms with Gasteiger partial charge in [0.2, 0.25) is 0 Å². The van der Waals surface area contributed by atoms with Crippen molar-refractivity contribution in [1.82, 2.24) is 0 Å². The van der Waals surface area contributed by atoms with E-state index < -0.39 is 10.7 Å². The third-order valence-corrected chi connectivity index (χ3v) is 2.58. The zero-order valence-electron chi connectivity index (χ0n) is 10.1. The fourth-order valence-corrected chi connectivity index (χ4v) is 1.64. The summed E-state index contributed by atoms with van der Waals surface area (Å²) in [5.41, 5.74) is 0.0965. The van der Waals surface area contributed by atoms with E-state index in [4.69, 9.17) is 0 Å². The Morgan fingerprint density at radius 1 is 1.53 bits per heavy atom. The maximum atomic E-state index is 13.4. The predicted octanol–water partition coefficient (Wildman–Crippen LogP) is 3.58. The van der Waals surface area contributed by atoms with Gasteiger partial charge in [0, 0.05) is 18.7 Å². The van der Waals surface area contributed by atoms with Crippen molar-refractivity contribution >= 4 is 11.4 Å². The Balaban J connectivity index is 2.69. The lowest BCUT2D eigenvalue weighted by atomic mass is 10.1. The number of nitrogens with one attached hydrogen (secondary N) is 1. The molecule has 0 fully saturated rings. The zero-order chi connectivity index (χ0) is 12.8. The van der Waals surface area contributed by atoms with Crippen LogP contribution in [0, 0.1) is 21.8 Å². The van der Waals surface area contributed by atoms with E-state index in [9.17, 15) is 14.5 Å². The Morgan fingerprint density at radius 2 is 2.24 bits per heavy atom. The molecule has 0 amide bonds. The summed E-state index contributed by atoms with van der Waals surface area (Å²) < 4.78 is 13.4. The molecule has 0 bridgehead atoms. The number of nitrogens with zero attached hydrogens (tertiary/aromatic N) is 1. The minimum atomic E-state index is -0.528. The zero-order valence-corrected chi connectivity index (χ0v) is 10.1. The van der Waals surface area contributed by atoms with Gasteiger partial charge in [0.15, 0.2) is 0 Å². The van der Waals surface area contributed by atoms with Crippen LogP contribution in [0.15, 0.2) is 18.2 Å². The molecule has 0 aliphatic rings. The first kappa shape index (κ1) is 13.4. The molecule has 0 aliphatic carbocycles. The highest BCUT2D eigenvalue weighted by Gasteiger charge is 2.11. The molecular weight excluding hydrogens is 223 g/mol. The SMILES string of the molecule is CCCC(C)CNc1cc([N+](=O)[O-])ccc1F. The number of nitro groups is 1. The van der Waals surface area contributed by atoms with Gasteiger partial charge >= 0.3 is 0 Å². The summed E-state index contributed by atoms with van der Waals surface area (Å²) in [6.07, 6.45) is 2.11. The van der Waals surface area contributed by atoms with Gasteiger partial charge in [0.25, 0.3) is 5.69 Å². The molecule has 0 radical (unpaired) electrons. The minimum Gasteiger partial charge on any atom is -0.382 e. The van der Waals surface area contributed by atoms with Crippen LogP contribution in [0.25, 0.3) is 0 Å². The molecule has 0 aromatic heterocycles. The van der Waals surface area contributed by atoms with Crippen molar-refractivity contribution in [3.05, 3.63) is 34.1 Å². The lowest BCUT2D eigenvalue weighted by Crippen LogP contribution is -2.12. The summed E-state index contributed by atoms with van der Waals surface area (Å²) in [7, 11) is 0. The summed E-state index contributed by atoms with van der Waals surface area (Å²) in [4.78, 5) is 10.0. The van der Waals surface area contributed by atoms with Gasteiger partial charge in [0.05, 0.1) is 10.6 Å². The van der Waals surface area contributed by atoms with Gasteiger partial charge < -0.3 is 5.32 Å². The average molecular weight is 240 g/mol. The van der Waals surface area contributed by atoms with Gasteiger partial charge in [0.1, 0.15) is 5.82 Å². The topological polar surface area (TPSA) is 55.2 Å². The quantitative estimate of drug-likeness (QED) is 0.610. The predicted molar refractivity (Wildman–Crippen MR) is 65.6 cm³/mol. The van der Waals surface area contributed by atoms with Gasteiger partial charge in [-0.1, -0.05) is 20.3 Å². The normalized spacial score (nSPS) is 12.2. The lowest BCUT2D eigenvalue weighted by molar-refractivity contribution is -0.384. The molecule has 0 heterocycles. The number of hydrogen-bond donors (Lipinski definition) is 1. The second kappa shape index (κ2) is 6.18. The second-order valence-electron chi connectivity index (χ2n) is 4.20. The smallest absolute Gasteiger partial charge is 0.271 e. The van der Waals surface area contributed by atoms with Gasteiger partial charge in [-0.25, -0.2) is 4.39 Å². The van der Waals surface area contributed by atoms with E-state index in [0.717, 1.165) is 25.0 Å². The first-order chi connectivity index (χ1) is 8.04. The summed E-state index contributed by atoms with van der Waals surface area (Å²) in [5.74, 6) is -0.0436. The Morgan fingerprint density at radius 3 is 2.82 bits per heavy atom. The highest BCUT2D eigenvalue weighted by molar-refractivity contribution is 5.52. The molecule has 4 nitrogen and oxygen atoms in total. The van der Waals surface area contributed by atoms with Crippen LogP contribution in [0.3, 0.4) is 0 Å². The number of hydrogen-bond acceptors (Lipinski definition) is 3. The Hall–Kier alpha value is -1.65. The molecular formula is C12H17FN2O2. The van der Waals surface area contributed by atoms with E-state index in [0.29, 0.717) is 12.5 Å². The number of non-ortho nitro benzene ring substituents is 1. The van der Waals surface area contributed by atoms with Gasteiger partial charge in [-0.2, -0.15) is 0 Å². The van der Waals surface area contributed by atoms with Crippen molar-refractivity contribution in [2.24, 2.45) is 5.92 Å². The number of anilines is 1. The molecule has 1 atom stereocenters. The van der Waals surface area contributed by atoms with Crippen LogP contribution in [0.5, 0.6) is 0 Å². The van der Waals surface area contributed by atoms with E-state index in [2.05, 4.69) is 19.2 Å². The van der Waals surface area contributed by atoms with Crippen LogP contribution in [0.2, 0.25) is 0 Å². The van der Waals surface area contributed by atoms with Gasteiger partial charge in [-0.05, 0) is 18.4 Å². The van der Waals surface area contributed by atoms with E-state index in [1.165, 1.54) is 6.07 Å². The molecule has 0 aliphatic heterocycles. The van der Waals surface area contributed by atoms with Crippen molar-refractivity contribution in [3.63, 3.8) is 0 Å². The molecule has 0 saturated carbocycles. The Labute approximate surface area is 100.0 Å². The highest BCUT2D eigenvalue weighted by atomic mass is 19.1. The van der Waals surface area contributed by atoms with Crippen LogP contribution in [-0.4, -0.2) is 11.5 Å². The minimum absolute atomic E-state index is 0.1000. The largest absolute Gasteiger partial charge is 0.382 e. The van der Waals surface area contributed by atoms with Crippen LogP contribution < -0.4 is 5.32 Å². The molecule has 5 heteroatoms. The van der Waals surface area contributed by atoms with Crippen LogP contribution in [0.4, 0.5) is 15.8 Å². The van der Waals surface area contributed by atoms with Crippen LogP contribution in [0.1, 0.15) is 26.7 Å². The fraction of sp³-hybridized carbons (Fsp3) is 0.500. The highest BCUT2D eigenvalue weighted by Crippen LogP contribution is 2.21. The molecule has 1 N–H and O–H groups in total. The first-order valence-electron chi connectivity index (χ1n) is 5.72. The summed E-state index contributed by atoms with van der Waals surface area (Å²) in [6, 6.07) is 3.51. The van der Waals surface area contributed by atoms with E-state index in [1.807, 2.05) is 0 Å². The van der Waals surface area contributed by atoms with Crippen LogP contribution in [-0.2, 0) is 0 Å². The van der Waals surface area contributed by atoms with Crippen molar-refractivity contribution in [2.75, 3.05) is 11.9 Å². The molecule has 0 saturated heterocycles. The van der Waals surface area contributed by atoms with E-state index in [-0.39, 0.29) is 11.4 Å². The number of rotatable bonds is 6. The lowest BCUT2D eigenvalue weighted by Gasteiger charge is -2.12. The first-order valence-corrected chi connectivity index (χ1v) is 5.72. The van der Waals surface area contributed by atoms with Crippen molar-refractivity contribution < 1.29 is 9.31 Å². The Bertz CT molecular complexity index is 396. The summed E-state index contributed by atoms with van der Waals surface area (Å²) >= 11 is 0. The molecule has 1 aromatic carbocycles. The number of nitro benzene ring substituents is 1. The van der Waals surface area contributed by atoms with E-state index >= 15 is 0 Å². The average Bonchev–Trinajstić information content (AvgIpc) is 2.28. The number of halogens is 1. The second-order valence-corrected chi connectivity index (χ2v) is 4.20. The molecule has 0 spiro atoms. The Kier molecular flexibility index (Phi) is 4.87. The fourth-order valence-electron chi connectivity index (χ4n) is 1.64. The number of benzene rings is 1. The maximum absolute atomic E-state index is 13.4. The van der Waals surface area contributed by atoms with Crippen molar-refractivity contribution in [2.45, 2.75) is 26.7 Å². The van der Waals surface area contributed by atoms with Crippen LogP contribution >= 0.6 is 0 Å².